The molecule has 0 unspecified atom stereocenters. The van der Waals surface area contributed by atoms with Gasteiger partial charge >= 0.3 is 12.3 Å². The second kappa shape index (κ2) is 15.6. The van der Waals surface area contributed by atoms with E-state index < -0.39 is 29.3 Å². The largest absolute Gasteiger partial charge is 0.497 e. The van der Waals surface area contributed by atoms with E-state index in [4.69, 9.17) is 21.1 Å². The molecule has 252 valence electrons. The van der Waals surface area contributed by atoms with E-state index >= 15 is 0 Å². The summed E-state index contributed by atoms with van der Waals surface area (Å²) in [4.78, 5) is 45.8. The maximum Gasteiger partial charge on any atom is 0.418 e. The van der Waals surface area contributed by atoms with Crippen molar-refractivity contribution in [1.82, 2.24) is 15.3 Å². The fraction of sp³-hybridized carbons (Fsp3) is 0.344. The zero-order chi connectivity index (χ0) is 34.9. The molecule has 3 N–H and O–H groups in total. The van der Waals surface area contributed by atoms with E-state index in [0.717, 1.165) is 6.07 Å². The minimum absolute atomic E-state index is 0.00430. The molecule has 1 aromatic heterocycles. The molecule has 1 heterocycles. The molecule has 0 spiro atoms. The number of anilines is 5. The quantitative estimate of drug-likeness (QED) is 0.127. The highest BCUT2D eigenvalue weighted by molar-refractivity contribution is 6.33. The number of nitrogens with zero attached hydrogens (tertiary/aromatic N) is 3. The van der Waals surface area contributed by atoms with Crippen molar-refractivity contribution in [3.05, 3.63) is 71.4 Å². The average molecular weight is 677 g/mol. The number of aromatic nitrogens is 2. The van der Waals surface area contributed by atoms with Gasteiger partial charge in [0, 0.05) is 37.8 Å². The standard InChI is InChI=1S/C32H36ClF3N6O5/c1-7-22(44)15-20-16-23(46-6)10-12-26(20)39-28-25(33)18-38-29(41-28)40-27-11-9-21(17-24(27)32(34,35)36)42(19(2)43)14-8-13-37-30(45)47-31(3,4)5/h7,9-12,16-18H,1,8,13-15H2,2-6H3,(H,37,45)(H2,38,39,40,41). The van der Waals surface area contributed by atoms with Crippen LogP contribution in [0.15, 0.2) is 55.3 Å². The van der Waals surface area contributed by atoms with E-state index in [-0.39, 0.29) is 59.9 Å². The van der Waals surface area contributed by atoms with Crippen LogP contribution >= 0.6 is 11.6 Å². The Balaban J connectivity index is 1.84. The smallest absolute Gasteiger partial charge is 0.418 e. The molecule has 3 aromatic rings. The Kier molecular flexibility index (Phi) is 12.2. The third-order valence-electron chi connectivity index (χ3n) is 6.38. The summed E-state index contributed by atoms with van der Waals surface area (Å²) >= 11 is 6.31. The van der Waals surface area contributed by atoms with Crippen LogP contribution in [0, 0.1) is 0 Å². The van der Waals surface area contributed by atoms with E-state index in [9.17, 15) is 27.6 Å². The second-order valence-electron chi connectivity index (χ2n) is 11.2. The summed E-state index contributed by atoms with van der Waals surface area (Å²) in [6.45, 7) is 10.0. The lowest BCUT2D eigenvalue weighted by Gasteiger charge is -2.24. The van der Waals surface area contributed by atoms with Crippen molar-refractivity contribution in [2.24, 2.45) is 0 Å². The summed E-state index contributed by atoms with van der Waals surface area (Å²) in [5.74, 6) is -0.372. The Morgan fingerprint density at radius 2 is 1.77 bits per heavy atom. The normalized spacial score (nSPS) is 11.3. The van der Waals surface area contributed by atoms with Gasteiger partial charge in [0.15, 0.2) is 11.6 Å². The molecule has 2 amide bonds. The molecule has 0 saturated carbocycles. The number of hydrogen-bond acceptors (Lipinski definition) is 9. The van der Waals surface area contributed by atoms with Gasteiger partial charge in [-0.2, -0.15) is 18.2 Å². The van der Waals surface area contributed by atoms with E-state index in [1.165, 1.54) is 43.3 Å². The average Bonchev–Trinajstić information content (AvgIpc) is 2.98. The Labute approximate surface area is 275 Å². The van der Waals surface area contributed by atoms with Gasteiger partial charge in [0.05, 0.1) is 24.6 Å². The van der Waals surface area contributed by atoms with Crippen molar-refractivity contribution in [1.29, 1.82) is 0 Å². The molecule has 0 aliphatic rings. The Morgan fingerprint density at radius 3 is 2.38 bits per heavy atom. The van der Waals surface area contributed by atoms with E-state index in [2.05, 4.69) is 32.5 Å². The molecule has 11 nitrogen and oxygen atoms in total. The van der Waals surface area contributed by atoms with Crippen LogP contribution in [0.25, 0.3) is 0 Å². The molecule has 0 aliphatic heterocycles. The number of carbonyl (C=O) groups excluding carboxylic acids is 3. The molecular weight excluding hydrogens is 641 g/mol. The number of carbonyl (C=O) groups is 3. The van der Waals surface area contributed by atoms with Gasteiger partial charge in [-0.05, 0) is 75.2 Å². The van der Waals surface area contributed by atoms with Crippen LogP contribution in [0.3, 0.4) is 0 Å². The number of methoxy groups -OCH3 is 1. The van der Waals surface area contributed by atoms with Crippen LogP contribution < -0.4 is 25.6 Å². The summed E-state index contributed by atoms with van der Waals surface area (Å²) in [7, 11) is 1.48. The first-order valence-corrected chi connectivity index (χ1v) is 14.7. The first-order chi connectivity index (χ1) is 22.0. The van der Waals surface area contributed by atoms with Crippen molar-refractivity contribution in [3.63, 3.8) is 0 Å². The number of halogens is 4. The number of benzene rings is 2. The molecule has 3 rings (SSSR count). The van der Waals surface area contributed by atoms with Gasteiger partial charge in [0.2, 0.25) is 11.9 Å². The van der Waals surface area contributed by atoms with Gasteiger partial charge in [-0.15, -0.1) is 0 Å². The van der Waals surface area contributed by atoms with Gasteiger partial charge in [-0.3, -0.25) is 9.59 Å². The molecular formula is C32H36ClF3N6O5. The molecule has 2 aromatic carbocycles. The number of hydrogen-bond donors (Lipinski definition) is 3. The van der Waals surface area contributed by atoms with Crippen molar-refractivity contribution in [2.45, 2.75) is 52.3 Å². The topological polar surface area (TPSA) is 135 Å². The molecule has 0 atom stereocenters. The van der Waals surface area contributed by atoms with Crippen molar-refractivity contribution >= 4 is 58.2 Å². The minimum atomic E-state index is -4.82. The van der Waals surface area contributed by atoms with E-state index in [0.29, 0.717) is 17.0 Å². The number of allylic oxidation sites excluding steroid dienone is 1. The number of amides is 2. The first kappa shape index (κ1) is 36.6. The van der Waals surface area contributed by atoms with Crippen LogP contribution in [0.5, 0.6) is 5.75 Å². The van der Waals surface area contributed by atoms with Gasteiger partial charge in [0.1, 0.15) is 16.4 Å². The SMILES string of the molecule is C=CC(=O)Cc1cc(OC)ccc1Nc1nc(Nc2ccc(N(CCCNC(=O)OC(C)(C)C)C(C)=O)cc2C(F)(F)F)ncc1Cl. The van der Waals surface area contributed by atoms with E-state index in [1.54, 1.807) is 39.0 Å². The molecule has 15 heteroatoms. The third-order valence-corrected chi connectivity index (χ3v) is 6.65. The number of ether oxygens (including phenoxy) is 2. The maximum atomic E-state index is 14.3. The van der Waals surface area contributed by atoms with Crippen molar-refractivity contribution < 1.29 is 37.0 Å². The van der Waals surface area contributed by atoms with Gasteiger partial charge in [0.25, 0.3) is 0 Å². The fourth-order valence-corrected chi connectivity index (χ4v) is 4.38. The minimum Gasteiger partial charge on any atom is -0.497 e. The van der Waals surface area contributed by atoms with Gasteiger partial charge in [-0.1, -0.05) is 18.2 Å². The Hall–Kier alpha value is -4.85. The van der Waals surface area contributed by atoms with Crippen LogP contribution in [-0.2, 0) is 26.9 Å². The summed E-state index contributed by atoms with van der Waals surface area (Å²) in [5, 5.41) is 8.22. The lowest BCUT2D eigenvalue weighted by molar-refractivity contribution is -0.137. The number of nitrogens with one attached hydrogen (secondary N) is 3. The van der Waals surface area contributed by atoms with Gasteiger partial charge in [-0.25, -0.2) is 9.78 Å². The summed E-state index contributed by atoms with van der Waals surface area (Å²) < 4.78 is 53.2. The van der Waals surface area contributed by atoms with Crippen LogP contribution in [0.1, 0.15) is 45.2 Å². The monoisotopic (exact) mass is 676 g/mol. The summed E-state index contributed by atoms with van der Waals surface area (Å²) in [6, 6.07) is 8.32. The molecule has 47 heavy (non-hydrogen) atoms. The fourth-order valence-electron chi connectivity index (χ4n) is 4.24. The highest BCUT2D eigenvalue weighted by Gasteiger charge is 2.35. The first-order valence-electron chi connectivity index (χ1n) is 14.4. The second-order valence-corrected chi connectivity index (χ2v) is 11.6. The zero-order valence-electron chi connectivity index (χ0n) is 26.5. The summed E-state index contributed by atoms with van der Waals surface area (Å²) in [5.41, 5.74) is -1.12. The molecule has 0 fully saturated rings. The predicted octanol–water partition coefficient (Wildman–Crippen LogP) is 7.21. The third kappa shape index (κ3) is 10.9. The number of alkyl halides is 3. The molecule has 0 radical (unpaired) electrons. The van der Waals surface area contributed by atoms with Crippen LogP contribution in [0.4, 0.5) is 46.8 Å². The maximum absolute atomic E-state index is 14.3. The highest BCUT2D eigenvalue weighted by Crippen LogP contribution is 2.39. The highest BCUT2D eigenvalue weighted by atomic mass is 35.5. The molecule has 0 saturated heterocycles. The van der Waals surface area contributed by atoms with E-state index in [1.807, 2.05) is 0 Å². The lowest BCUT2D eigenvalue weighted by Crippen LogP contribution is -2.35. The van der Waals surface area contributed by atoms with Gasteiger partial charge < -0.3 is 30.3 Å². The summed E-state index contributed by atoms with van der Waals surface area (Å²) in [6.07, 6.45) is -2.81. The van der Waals surface area contributed by atoms with Crippen LogP contribution in [0.2, 0.25) is 5.02 Å². The molecule has 0 bridgehead atoms. The van der Waals surface area contributed by atoms with Crippen molar-refractivity contribution in [3.8, 4) is 5.75 Å². The number of ketones is 1. The molecule has 0 aliphatic carbocycles. The van der Waals surface area contributed by atoms with Crippen molar-refractivity contribution in [2.75, 3.05) is 35.7 Å². The predicted molar refractivity (Wildman–Crippen MR) is 174 cm³/mol. The number of rotatable bonds is 13. The van der Waals surface area contributed by atoms with Crippen LogP contribution in [-0.4, -0.2) is 53.6 Å². The lowest BCUT2D eigenvalue weighted by atomic mass is 10.1. The Bertz CT molecular complexity index is 1630. The number of alkyl carbamates (subject to hydrolysis) is 1. The Morgan fingerprint density at radius 1 is 1.06 bits per heavy atom. The zero-order valence-corrected chi connectivity index (χ0v) is 27.3.